The van der Waals surface area contributed by atoms with Crippen molar-refractivity contribution in [3.05, 3.63) is 42.0 Å². The Morgan fingerprint density at radius 2 is 2.00 bits per heavy atom. The molecule has 26 heavy (non-hydrogen) atoms. The van der Waals surface area contributed by atoms with Crippen molar-refractivity contribution >= 4 is 17.9 Å². The van der Waals surface area contributed by atoms with Gasteiger partial charge in [-0.15, -0.1) is 0 Å². The van der Waals surface area contributed by atoms with Crippen molar-refractivity contribution in [1.29, 1.82) is 0 Å². The number of rotatable bonds is 6. The summed E-state index contributed by atoms with van der Waals surface area (Å²) in [7, 11) is 0. The number of amides is 2. The molecule has 3 rings (SSSR count). The summed E-state index contributed by atoms with van der Waals surface area (Å²) in [5.41, 5.74) is 1.02. The van der Waals surface area contributed by atoms with Crippen LogP contribution in [-0.4, -0.2) is 59.0 Å². The number of hydrogen-bond donors (Lipinski definition) is 1. The highest BCUT2D eigenvalue weighted by Crippen LogP contribution is 2.31. The molecular weight excluding hydrogens is 328 g/mol. The summed E-state index contributed by atoms with van der Waals surface area (Å²) in [5, 5.41) is 8.97. The van der Waals surface area contributed by atoms with Gasteiger partial charge < -0.3 is 14.9 Å². The van der Waals surface area contributed by atoms with E-state index in [2.05, 4.69) is 0 Å². The van der Waals surface area contributed by atoms with Gasteiger partial charge in [0.25, 0.3) is 0 Å². The van der Waals surface area contributed by atoms with Gasteiger partial charge in [0, 0.05) is 44.8 Å². The Kier molecular flexibility index (Phi) is 6.45. The van der Waals surface area contributed by atoms with Crippen molar-refractivity contribution in [2.45, 2.75) is 38.1 Å². The summed E-state index contributed by atoms with van der Waals surface area (Å²) >= 11 is 0. The summed E-state index contributed by atoms with van der Waals surface area (Å²) in [6.07, 6.45) is 7.38. The Morgan fingerprint density at radius 3 is 2.77 bits per heavy atom. The van der Waals surface area contributed by atoms with E-state index in [0.29, 0.717) is 18.9 Å². The number of carbonyl (C=O) groups is 2. The maximum Gasteiger partial charge on any atom is 0.246 e. The average molecular weight is 356 g/mol. The van der Waals surface area contributed by atoms with Gasteiger partial charge in [-0.3, -0.25) is 9.59 Å². The first-order valence-corrected chi connectivity index (χ1v) is 9.61. The molecule has 2 amide bonds. The van der Waals surface area contributed by atoms with E-state index in [0.717, 1.165) is 44.3 Å². The van der Waals surface area contributed by atoms with Crippen LogP contribution in [0.3, 0.4) is 0 Å². The van der Waals surface area contributed by atoms with Gasteiger partial charge in [0.15, 0.2) is 0 Å². The monoisotopic (exact) mass is 356 g/mol. The average Bonchev–Trinajstić information content (AvgIpc) is 2.68. The Hall–Kier alpha value is -2.14. The number of hydrogen-bond acceptors (Lipinski definition) is 3. The summed E-state index contributed by atoms with van der Waals surface area (Å²) in [6, 6.07) is 10.1. The predicted octanol–water partition coefficient (Wildman–Crippen LogP) is 2.31. The molecule has 2 aliphatic heterocycles. The molecule has 0 unspecified atom stereocenters. The van der Waals surface area contributed by atoms with Crippen molar-refractivity contribution in [3.63, 3.8) is 0 Å². The maximum absolute atomic E-state index is 12.5. The number of benzene rings is 1. The summed E-state index contributed by atoms with van der Waals surface area (Å²) < 4.78 is 0. The van der Waals surface area contributed by atoms with E-state index in [1.807, 2.05) is 46.2 Å². The van der Waals surface area contributed by atoms with Crippen LogP contribution in [0.25, 0.3) is 6.08 Å². The van der Waals surface area contributed by atoms with E-state index < -0.39 is 0 Å². The zero-order valence-electron chi connectivity index (χ0n) is 15.2. The molecule has 0 aliphatic carbocycles. The minimum atomic E-state index is 0.0519. The number of nitrogens with zero attached hydrogens (tertiary/aromatic N) is 2. The molecule has 0 aromatic heterocycles. The first kappa shape index (κ1) is 18.6. The Morgan fingerprint density at radius 1 is 1.19 bits per heavy atom. The fourth-order valence-corrected chi connectivity index (χ4v) is 4.07. The second kappa shape index (κ2) is 8.99. The van der Waals surface area contributed by atoms with Gasteiger partial charge >= 0.3 is 0 Å². The lowest BCUT2D eigenvalue weighted by Gasteiger charge is -2.47. The number of unbranched alkanes of at least 4 members (excludes halogenated alkanes) is 1. The van der Waals surface area contributed by atoms with Gasteiger partial charge in [0.05, 0.1) is 0 Å². The Bertz CT molecular complexity index is 644. The smallest absolute Gasteiger partial charge is 0.246 e. The molecule has 5 heteroatoms. The highest BCUT2D eigenvalue weighted by molar-refractivity contribution is 5.92. The number of fused-ring (bicyclic) bond motifs is 1. The zero-order chi connectivity index (χ0) is 18.4. The summed E-state index contributed by atoms with van der Waals surface area (Å²) in [6.45, 7) is 2.32. The van der Waals surface area contributed by atoms with Crippen molar-refractivity contribution in [3.8, 4) is 0 Å². The molecule has 1 N–H and O–H groups in total. The minimum Gasteiger partial charge on any atom is -0.396 e. The standard InChI is InChI=1S/C21H28N2O3/c24-15-5-4-13-23-19-12-14-22(16-18(19)9-11-21(23)26)20(25)10-8-17-6-2-1-3-7-17/h1-3,6-8,10,18-19,24H,4-5,9,11-16H2/b10-8+/t18-,19+/m0/s1. The van der Waals surface area contributed by atoms with Crippen LogP contribution in [0, 0.1) is 5.92 Å². The van der Waals surface area contributed by atoms with Crippen molar-refractivity contribution in [2.24, 2.45) is 5.92 Å². The maximum atomic E-state index is 12.5. The molecule has 2 aliphatic rings. The highest BCUT2D eigenvalue weighted by atomic mass is 16.3. The lowest BCUT2D eigenvalue weighted by molar-refractivity contribution is -0.143. The van der Waals surface area contributed by atoms with Crippen molar-refractivity contribution in [1.82, 2.24) is 9.80 Å². The third-order valence-electron chi connectivity index (χ3n) is 5.48. The van der Waals surface area contributed by atoms with E-state index >= 15 is 0 Å². The van der Waals surface area contributed by atoms with E-state index in [9.17, 15) is 9.59 Å². The molecule has 0 spiro atoms. The summed E-state index contributed by atoms with van der Waals surface area (Å²) in [5.74, 6) is 0.647. The van der Waals surface area contributed by atoms with Crippen LogP contribution in [0.4, 0.5) is 0 Å². The van der Waals surface area contributed by atoms with Crippen molar-refractivity contribution < 1.29 is 14.7 Å². The molecule has 140 valence electrons. The third-order valence-corrected chi connectivity index (χ3v) is 5.48. The number of carbonyl (C=O) groups excluding carboxylic acids is 2. The number of aliphatic hydroxyl groups is 1. The van der Waals surface area contributed by atoms with Crippen LogP contribution < -0.4 is 0 Å². The van der Waals surface area contributed by atoms with E-state index in [1.165, 1.54) is 0 Å². The number of likely N-dealkylation sites (tertiary alicyclic amines) is 2. The fraction of sp³-hybridized carbons (Fsp3) is 0.524. The van der Waals surface area contributed by atoms with Gasteiger partial charge in [0.1, 0.15) is 0 Å². The van der Waals surface area contributed by atoms with Crippen LogP contribution in [0.1, 0.15) is 37.7 Å². The highest BCUT2D eigenvalue weighted by Gasteiger charge is 2.39. The Balaban J connectivity index is 1.58. The normalized spacial score (nSPS) is 23.3. The first-order valence-electron chi connectivity index (χ1n) is 9.61. The lowest BCUT2D eigenvalue weighted by atomic mass is 9.83. The number of aliphatic hydroxyl groups excluding tert-OH is 1. The first-order chi connectivity index (χ1) is 12.7. The van der Waals surface area contributed by atoms with Gasteiger partial charge in [-0.1, -0.05) is 30.3 Å². The summed E-state index contributed by atoms with van der Waals surface area (Å²) in [4.78, 5) is 28.7. The van der Waals surface area contributed by atoms with E-state index in [-0.39, 0.29) is 24.5 Å². The predicted molar refractivity (Wildman–Crippen MR) is 101 cm³/mol. The topological polar surface area (TPSA) is 60.9 Å². The van der Waals surface area contributed by atoms with Crippen LogP contribution in [0.5, 0.6) is 0 Å². The van der Waals surface area contributed by atoms with Gasteiger partial charge in [-0.2, -0.15) is 0 Å². The van der Waals surface area contributed by atoms with Gasteiger partial charge in [-0.05, 0) is 43.2 Å². The van der Waals surface area contributed by atoms with E-state index in [1.54, 1.807) is 6.08 Å². The van der Waals surface area contributed by atoms with Gasteiger partial charge in [0.2, 0.25) is 11.8 Å². The molecule has 2 atom stereocenters. The lowest BCUT2D eigenvalue weighted by Crippen LogP contribution is -2.56. The largest absolute Gasteiger partial charge is 0.396 e. The SMILES string of the molecule is O=C(/C=C/c1ccccc1)N1CC[C@@H]2[C@@H](CCC(=O)N2CCCCO)C1. The van der Waals surface area contributed by atoms with Crippen molar-refractivity contribution in [2.75, 3.05) is 26.2 Å². The van der Waals surface area contributed by atoms with E-state index in [4.69, 9.17) is 5.11 Å². The number of piperidine rings is 2. The van der Waals surface area contributed by atoms with Crippen LogP contribution in [0.15, 0.2) is 36.4 Å². The van der Waals surface area contributed by atoms with Crippen LogP contribution in [-0.2, 0) is 9.59 Å². The quantitative estimate of drug-likeness (QED) is 0.628. The fourth-order valence-electron chi connectivity index (χ4n) is 4.07. The molecule has 2 fully saturated rings. The molecule has 0 radical (unpaired) electrons. The molecular formula is C21H28N2O3. The molecule has 0 saturated carbocycles. The molecule has 1 aromatic rings. The zero-order valence-corrected chi connectivity index (χ0v) is 15.2. The molecule has 2 heterocycles. The van der Waals surface area contributed by atoms with Crippen LogP contribution in [0.2, 0.25) is 0 Å². The van der Waals surface area contributed by atoms with Gasteiger partial charge in [-0.25, -0.2) is 0 Å². The van der Waals surface area contributed by atoms with Crippen LogP contribution >= 0.6 is 0 Å². The molecule has 2 saturated heterocycles. The molecule has 0 bridgehead atoms. The molecule has 5 nitrogen and oxygen atoms in total. The second-order valence-corrected chi connectivity index (χ2v) is 7.20. The second-order valence-electron chi connectivity index (χ2n) is 7.20. The Labute approximate surface area is 155 Å². The molecule has 1 aromatic carbocycles. The minimum absolute atomic E-state index is 0.0519. The third kappa shape index (κ3) is 4.52.